The highest BCUT2D eigenvalue weighted by Gasteiger charge is 2.16. The van der Waals surface area contributed by atoms with Crippen LogP contribution >= 0.6 is 0 Å². The predicted molar refractivity (Wildman–Crippen MR) is 83.4 cm³/mol. The predicted octanol–water partition coefficient (Wildman–Crippen LogP) is 1.16. The molecule has 7 nitrogen and oxygen atoms in total. The number of hydrogen-bond acceptors (Lipinski definition) is 6. The standard InChI is InChI=1S/C13H15NO6S2/c14-13-6-2-4-11-10(3-1-5-12(11)13)9-21(15,16)8-7-20-22(17,18)19/h1-6H,7-9,14H2,(H,17,18,19). The maximum atomic E-state index is 12.0. The molecule has 0 saturated carbocycles. The molecule has 0 heterocycles. The SMILES string of the molecule is Nc1cccc2c(CS(=O)(=O)CCOS(=O)(=O)O)cccc12. The van der Waals surface area contributed by atoms with Gasteiger partial charge >= 0.3 is 10.4 Å². The van der Waals surface area contributed by atoms with Crippen molar-refractivity contribution in [2.24, 2.45) is 0 Å². The summed E-state index contributed by atoms with van der Waals surface area (Å²) in [7, 11) is -8.24. The smallest absolute Gasteiger partial charge is 0.397 e. The molecule has 9 heteroatoms. The highest BCUT2D eigenvalue weighted by atomic mass is 32.3. The Morgan fingerprint density at radius 2 is 1.64 bits per heavy atom. The van der Waals surface area contributed by atoms with Gasteiger partial charge in [0.15, 0.2) is 9.84 Å². The van der Waals surface area contributed by atoms with Crippen molar-refractivity contribution in [3.05, 3.63) is 42.0 Å². The van der Waals surface area contributed by atoms with Crippen molar-refractivity contribution < 1.29 is 25.6 Å². The molecule has 22 heavy (non-hydrogen) atoms. The summed E-state index contributed by atoms with van der Waals surface area (Å²) in [5.41, 5.74) is 6.97. The van der Waals surface area contributed by atoms with Crippen LogP contribution in [0.3, 0.4) is 0 Å². The molecular weight excluding hydrogens is 330 g/mol. The Bertz CT molecular complexity index is 890. The zero-order valence-corrected chi connectivity index (χ0v) is 13.1. The van der Waals surface area contributed by atoms with Crippen molar-refractivity contribution in [1.29, 1.82) is 0 Å². The second kappa shape index (κ2) is 6.21. The van der Waals surface area contributed by atoms with Gasteiger partial charge in [0.2, 0.25) is 0 Å². The fourth-order valence-electron chi connectivity index (χ4n) is 2.10. The molecule has 0 bridgehead atoms. The second-order valence-electron chi connectivity index (χ2n) is 4.70. The number of hydrogen-bond donors (Lipinski definition) is 2. The Kier molecular flexibility index (Phi) is 4.71. The summed E-state index contributed by atoms with van der Waals surface area (Å²) in [6.45, 7) is -0.631. The molecule has 0 spiro atoms. The molecule has 0 saturated heterocycles. The Hall–Kier alpha value is -1.68. The highest BCUT2D eigenvalue weighted by molar-refractivity contribution is 7.90. The van der Waals surface area contributed by atoms with Gasteiger partial charge in [0.1, 0.15) is 0 Å². The average Bonchev–Trinajstić information content (AvgIpc) is 2.38. The van der Waals surface area contributed by atoms with Gasteiger partial charge in [-0.1, -0.05) is 30.3 Å². The summed E-state index contributed by atoms with van der Waals surface area (Å²) in [5, 5.41) is 1.48. The van der Waals surface area contributed by atoms with Gasteiger partial charge in [-0.15, -0.1) is 0 Å². The first kappa shape index (κ1) is 16.7. The van der Waals surface area contributed by atoms with Gasteiger partial charge in [-0.05, 0) is 17.0 Å². The van der Waals surface area contributed by atoms with E-state index in [-0.39, 0.29) is 5.75 Å². The van der Waals surface area contributed by atoms with E-state index >= 15 is 0 Å². The van der Waals surface area contributed by atoms with E-state index in [4.69, 9.17) is 10.3 Å². The van der Waals surface area contributed by atoms with E-state index in [1.807, 2.05) is 0 Å². The lowest BCUT2D eigenvalue weighted by Crippen LogP contribution is -2.17. The van der Waals surface area contributed by atoms with Crippen LogP contribution in [0.5, 0.6) is 0 Å². The number of nitrogens with two attached hydrogens (primary N) is 1. The van der Waals surface area contributed by atoms with Crippen LogP contribution in [0.1, 0.15) is 5.56 Å². The summed E-state index contributed by atoms with van der Waals surface area (Å²) >= 11 is 0. The zero-order chi connectivity index (χ0) is 16.4. The maximum absolute atomic E-state index is 12.0. The molecular formula is C13H15NO6S2. The minimum absolute atomic E-state index is 0.275. The molecule has 0 amide bonds. The topological polar surface area (TPSA) is 124 Å². The average molecular weight is 345 g/mol. The van der Waals surface area contributed by atoms with Gasteiger partial charge in [-0.3, -0.25) is 4.55 Å². The van der Waals surface area contributed by atoms with Crippen LogP contribution in [-0.2, 0) is 30.2 Å². The monoisotopic (exact) mass is 345 g/mol. The van der Waals surface area contributed by atoms with Crippen LogP contribution < -0.4 is 5.73 Å². The van der Waals surface area contributed by atoms with Crippen LogP contribution in [0.4, 0.5) is 5.69 Å². The first-order chi connectivity index (χ1) is 10.2. The molecule has 0 unspecified atom stereocenters. The summed E-state index contributed by atoms with van der Waals surface area (Å²) in [6.07, 6.45) is 0. The van der Waals surface area contributed by atoms with Crippen molar-refractivity contribution in [3.63, 3.8) is 0 Å². The lowest BCUT2D eigenvalue weighted by Gasteiger charge is -2.09. The number of sulfone groups is 1. The highest BCUT2D eigenvalue weighted by Crippen LogP contribution is 2.25. The van der Waals surface area contributed by atoms with E-state index in [0.29, 0.717) is 11.3 Å². The van der Waals surface area contributed by atoms with Crippen molar-refractivity contribution in [3.8, 4) is 0 Å². The van der Waals surface area contributed by atoms with Crippen LogP contribution in [-0.4, -0.2) is 33.7 Å². The number of benzene rings is 2. The molecule has 0 atom stereocenters. The summed E-state index contributed by atoms with van der Waals surface area (Å²) in [5.74, 6) is -0.797. The second-order valence-corrected chi connectivity index (χ2v) is 7.98. The molecule has 120 valence electrons. The molecule has 0 radical (unpaired) electrons. The Labute approximate surface area is 128 Å². The third kappa shape index (κ3) is 4.41. The summed E-state index contributed by atoms with van der Waals surface area (Å²) in [4.78, 5) is 0. The summed E-state index contributed by atoms with van der Waals surface area (Å²) < 4.78 is 57.3. The third-order valence-corrected chi connectivity index (χ3v) is 5.05. The van der Waals surface area contributed by atoms with E-state index in [0.717, 1.165) is 10.8 Å². The van der Waals surface area contributed by atoms with Gasteiger partial charge in [-0.25, -0.2) is 12.6 Å². The van der Waals surface area contributed by atoms with E-state index in [1.165, 1.54) is 0 Å². The fraction of sp³-hybridized carbons (Fsp3) is 0.231. The van der Waals surface area contributed by atoms with Crippen molar-refractivity contribution >= 4 is 36.7 Å². The third-order valence-electron chi connectivity index (χ3n) is 3.05. The van der Waals surface area contributed by atoms with Gasteiger partial charge in [0, 0.05) is 11.1 Å². The lowest BCUT2D eigenvalue weighted by molar-refractivity contribution is 0.284. The molecule has 0 aromatic heterocycles. The van der Waals surface area contributed by atoms with Crippen LogP contribution in [0.25, 0.3) is 10.8 Å². The van der Waals surface area contributed by atoms with E-state index in [9.17, 15) is 16.8 Å². The number of anilines is 1. The Morgan fingerprint density at radius 1 is 1.00 bits per heavy atom. The number of nitrogen functional groups attached to an aromatic ring is 1. The maximum Gasteiger partial charge on any atom is 0.397 e. The number of fused-ring (bicyclic) bond motifs is 1. The van der Waals surface area contributed by atoms with Gasteiger partial charge < -0.3 is 5.73 Å². The van der Waals surface area contributed by atoms with E-state index in [1.54, 1.807) is 36.4 Å². The molecule has 0 aliphatic heterocycles. The van der Waals surface area contributed by atoms with Crippen molar-refractivity contribution in [2.45, 2.75) is 5.75 Å². The molecule has 2 aromatic rings. The van der Waals surface area contributed by atoms with Gasteiger partial charge in [0.25, 0.3) is 0 Å². The number of rotatable bonds is 6. The quantitative estimate of drug-likeness (QED) is 0.594. The van der Waals surface area contributed by atoms with Crippen molar-refractivity contribution in [2.75, 3.05) is 18.1 Å². The summed E-state index contributed by atoms with van der Waals surface area (Å²) in [6, 6.07) is 10.4. The minimum Gasteiger partial charge on any atom is -0.398 e. The minimum atomic E-state index is -4.64. The lowest BCUT2D eigenvalue weighted by atomic mass is 10.0. The van der Waals surface area contributed by atoms with Gasteiger partial charge in [0.05, 0.1) is 18.1 Å². The first-order valence-electron chi connectivity index (χ1n) is 6.26. The van der Waals surface area contributed by atoms with Crippen LogP contribution in [0.2, 0.25) is 0 Å². The Balaban J connectivity index is 2.21. The van der Waals surface area contributed by atoms with E-state index in [2.05, 4.69) is 4.18 Å². The molecule has 0 aliphatic rings. The Morgan fingerprint density at radius 3 is 2.32 bits per heavy atom. The molecule has 0 fully saturated rings. The first-order valence-corrected chi connectivity index (χ1v) is 9.45. The van der Waals surface area contributed by atoms with Crippen LogP contribution in [0.15, 0.2) is 36.4 Å². The molecule has 0 aliphatic carbocycles. The normalized spacial score (nSPS) is 12.6. The molecule has 3 N–H and O–H groups in total. The van der Waals surface area contributed by atoms with Crippen molar-refractivity contribution in [1.82, 2.24) is 0 Å². The fourth-order valence-corrected chi connectivity index (χ4v) is 3.71. The zero-order valence-electron chi connectivity index (χ0n) is 11.5. The van der Waals surface area contributed by atoms with Gasteiger partial charge in [-0.2, -0.15) is 8.42 Å². The van der Waals surface area contributed by atoms with E-state index < -0.39 is 32.6 Å². The molecule has 2 rings (SSSR count). The van der Waals surface area contributed by atoms with Crippen LogP contribution in [0, 0.1) is 0 Å². The largest absolute Gasteiger partial charge is 0.398 e. The molecule has 2 aromatic carbocycles.